The number of nitrogens with zero attached hydrogens (tertiary/aromatic N) is 1. The van der Waals surface area contributed by atoms with E-state index in [1.165, 1.54) is 16.0 Å². The fraction of sp³-hybridized carbons (Fsp3) is 0.0870. The van der Waals surface area contributed by atoms with E-state index in [4.69, 9.17) is 4.99 Å². The Kier molecular flexibility index (Phi) is 7.17. The summed E-state index contributed by atoms with van der Waals surface area (Å²) in [5.74, 6) is 0.909. The Morgan fingerprint density at radius 3 is 2.19 bits per heavy atom. The maximum Gasteiger partial charge on any atom is 0.0975 e. The Balaban J connectivity index is 1.70. The van der Waals surface area contributed by atoms with Gasteiger partial charge in [-0.15, -0.1) is 11.8 Å². The highest BCUT2D eigenvalue weighted by Crippen LogP contribution is 2.23. The zero-order valence-electron chi connectivity index (χ0n) is 14.7. The molecule has 0 fully saturated rings. The molecular weight excluding hydrogens is 354 g/mol. The fourth-order valence-electron chi connectivity index (χ4n) is 2.27. The van der Waals surface area contributed by atoms with Gasteiger partial charge in [-0.3, -0.25) is 0 Å². The number of hydrogen-bond donors (Lipinski definition) is 0. The van der Waals surface area contributed by atoms with Crippen LogP contribution in [0.3, 0.4) is 0 Å². The lowest BCUT2D eigenvalue weighted by atomic mass is 10.2. The number of rotatable bonds is 6. The molecule has 0 saturated carbocycles. The molecule has 0 atom stereocenters. The molecule has 0 aliphatic carbocycles. The molecule has 3 aromatic rings. The minimum absolute atomic E-state index is 0.909. The second-order valence-corrected chi connectivity index (χ2v) is 7.77. The number of aliphatic imine (C=N–C) groups is 1. The van der Waals surface area contributed by atoms with E-state index >= 15 is 0 Å². The van der Waals surface area contributed by atoms with E-state index in [9.17, 15) is 0 Å². The first-order chi connectivity index (χ1) is 12.8. The normalized spacial score (nSPS) is 11.8. The maximum absolute atomic E-state index is 4.80. The van der Waals surface area contributed by atoms with Gasteiger partial charge in [-0.05, 0) is 48.2 Å². The van der Waals surface area contributed by atoms with Crippen molar-refractivity contribution in [1.82, 2.24) is 0 Å². The van der Waals surface area contributed by atoms with Crippen molar-refractivity contribution in [1.29, 1.82) is 0 Å². The van der Waals surface area contributed by atoms with Crippen molar-refractivity contribution in [3.63, 3.8) is 0 Å². The van der Waals surface area contributed by atoms with Crippen LogP contribution in [0.4, 0.5) is 5.69 Å². The highest BCUT2D eigenvalue weighted by molar-refractivity contribution is 8.13. The minimum Gasteiger partial charge on any atom is -0.242 e. The van der Waals surface area contributed by atoms with E-state index in [1.807, 2.05) is 36.4 Å². The molecule has 0 aliphatic rings. The van der Waals surface area contributed by atoms with Crippen molar-refractivity contribution in [2.75, 3.05) is 0 Å². The van der Waals surface area contributed by atoms with Crippen molar-refractivity contribution < 1.29 is 0 Å². The predicted molar refractivity (Wildman–Crippen MR) is 117 cm³/mol. The van der Waals surface area contributed by atoms with Crippen LogP contribution in [0.1, 0.15) is 11.1 Å². The van der Waals surface area contributed by atoms with Gasteiger partial charge in [-0.25, -0.2) is 4.99 Å². The highest BCUT2D eigenvalue weighted by Gasteiger charge is 2.00. The molecule has 3 heteroatoms. The third-order valence-electron chi connectivity index (χ3n) is 3.66. The number of thioether (sulfide) groups is 2. The average molecular weight is 376 g/mol. The van der Waals surface area contributed by atoms with Gasteiger partial charge < -0.3 is 0 Å². The molecule has 3 aromatic carbocycles. The third-order valence-corrected chi connectivity index (χ3v) is 5.48. The van der Waals surface area contributed by atoms with Gasteiger partial charge in [0.1, 0.15) is 0 Å². The number of benzene rings is 3. The molecule has 0 saturated heterocycles. The zero-order chi connectivity index (χ0) is 18.0. The third kappa shape index (κ3) is 6.25. The molecule has 0 aromatic heterocycles. The average Bonchev–Trinajstić information content (AvgIpc) is 2.69. The van der Waals surface area contributed by atoms with Crippen LogP contribution in [0.5, 0.6) is 0 Å². The van der Waals surface area contributed by atoms with Crippen LogP contribution in [0.2, 0.25) is 0 Å². The summed E-state index contributed by atoms with van der Waals surface area (Å²) in [6.45, 7) is 2.11. The van der Waals surface area contributed by atoms with Gasteiger partial charge in [-0.2, -0.15) is 0 Å². The first-order valence-electron chi connectivity index (χ1n) is 8.50. The van der Waals surface area contributed by atoms with Crippen molar-refractivity contribution in [2.24, 2.45) is 4.99 Å². The first kappa shape index (κ1) is 18.6. The van der Waals surface area contributed by atoms with Gasteiger partial charge in [0, 0.05) is 10.6 Å². The summed E-state index contributed by atoms with van der Waals surface area (Å²) < 4.78 is 0. The van der Waals surface area contributed by atoms with Gasteiger partial charge in [0.05, 0.1) is 10.7 Å². The summed E-state index contributed by atoms with van der Waals surface area (Å²) in [5, 5.41) is 3.13. The first-order valence-corrected chi connectivity index (χ1v) is 10.4. The molecule has 0 heterocycles. The van der Waals surface area contributed by atoms with Gasteiger partial charge >= 0.3 is 0 Å². The van der Waals surface area contributed by atoms with Crippen LogP contribution in [0.25, 0.3) is 0 Å². The standard InChI is InChI=1S/C23H21NS2/c1-19-12-14-22(15-13-19)25-17-16-23(24-21-10-6-3-7-11-21)26-18-20-8-4-2-5-9-20/h2-17H,18H2,1H3. The van der Waals surface area contributed by atoms with Crippen molar-refractivity contribution in [2.45, 2.75) is 17.6 Å². The van der Waals surface area contributed by atoms with E-state index in [1.54, 1.807) is 23.5 Å². The lowest BCUT2D eigenvalue weighted by Crippen LogP contribution is -1.88. The second-order valence-electron chi connectivity index (χ2n) is 5.79. The molecule has 1 nitrogen and oxygen atoms in total. The lowest BCUT2D eigenvalue weighted by Gasteiger charge is -2.03. The summed E-state index contributed by atoms with van der Waals surface area (Å²) in [6, 6.07) is 29.2. The molecule has 0 spiro atoms. The Hall–Kier alpha value is -2.23. The van der Waals surface area contributed by atoms with E-state index in [0.717, 1.165) is 16.5 Å². The molecule has 3 rings (SSSR count). The Labute approximate surface area is 164 Å². The Morgan fingerprint density at radius 2 is 1.50 bits per heavy atom. The van der Waals surface area contributed by atoms with Gasteiger partial charge in [0.15, 0.2) is 0 Å². The van der Waals surface area contributed by atoms with E-state index < -0.39 is 0 Å². The molecule has 0 bridgehead atoms. The molecule has 130 valence electrons. The highest BCUT2D eigenvalue weighted by atomic mass is 32.2. The SMILES string of the molecule is Cc1ccc(SC=CC(=Nc2ccccc2)SCc2ccccc2)cc1. The van der Waals surface area contributed by atoms with Crippen LogP contribution in [-0.2, 0) is 5.75 Å². The van der Waals surface area contributed by atoms with Crippen LogP contribution in [0, 0.1) is 6.92 Å². The van der Waals surface area contributed by atoms with E-state index in [0.29, 0.717) is 0 Å². The lowest BCUT2D eigenvalue weighted by molar-refractivity contribution is 1.38. The van der Waals surface area contributed by atoms with Crippen molar-refractivity contribution >= 4 is 34.3 Å². The summed E-state index contributed by atoms with van der Waals surface area (Å²) in [7, 11) is 0. The summed E-state index contributed by atoms with van der Waals surface area (Å²) in [5.41, 5.74) is 3.56. The molecule has 0 N–H and O–H groups in total. The minimum atomic E-state index is 0.909. The largest absolute Gasteiger partial charge is 0.242 e. The fourth-order valence-corrected chi connectivity index (χ4v) is 3.84. The van der Waals surface area contributed by atoms with E-state index in [2.05, 4.69) is 66.9 Å². The maximum atomic E-state index is 4.80. The van der Waals surface area contributed by atoms with Gasteiger partial charge in [-0.1, -0.05) is 78.0 Å². The van der Waals surface area contributed by atoms with E-state index in [-0.39, 0.29) is 0 Å². The number of para-hydroxylation sites is 1. The van der Waals surface area contributed by atoms with Crippen LogP contribution >= 0.6 is 23.5 Å². The summed E-state index contributed by atoms with van der Waals surface area (Å²) >= 11 is 3.47. The molecule has 0 amide bonds. The smallest absolute Gasteiger partial charge is 0.0975 e. The predicted octanol–water partition coefficient (Wildman–Crippen LogP) is 7.26. The van der Waals surface area contributed by atoms with Crippen molar-refractivity contribution in [3.05, 3.63) is 108 Å². The number of hydrogen-bond acceptors (Lipinski definition) is 3. The van der Waals surface area contributed by atoms with Gasteiger partial charge in [0.25, 0.3) is 0 Å². The zero-order valence-corrected chi connectivity index (χ0v) is 16.3. The summed E-state index contributed by atoms with van der Waals surface area (Å²) in [6.07, 6.45) is 2.10. The second kappa shape index (κ2) is 10.0. The molecule has 0 radical (unpaired) electrons. The summed E-state index contributed by atoms with van der Waals surface area (Å²) in [4.78, 5) is 6.03. The van der Waals surface area contributed by atoms with Crippen LogP contribution in [0.15, 0.2) is 106 Å². The Morgan fingerprint density at radius 1 is 0.846 bits per heavy atom. The van der Waals surface area contributed by atoms with Crippen molar-refractivity contribution in [3.8, 4) is 0 Å². The Bertz CT molecular complexity index is 854. The van der Waals surface area contributed by atoms with Crippen LogP contribution < -0.4 is 0 Å². The molecule has 0 unspecified atom stereocenters. The molecular formula is C23H21NS2. The molecule has 26 heavy (non-hydrogen) atoms. The number of aryl methyl sites for hydroxylation is 1. The monoisotopic (exact) mass is 375 g/mol. The quantitative estimate of drug-likeness (QED) is 0.255. The van der Waals surface area contributed by atoms with Gasteiger partial charge in [0.2, 0.25) is 0 Å². The molecule has 0 aliphatic heterocycles. The topological polar surface area (TPSA) is 12.4 Å². The van der Waals surface area contributed by atoms with Crippen LogP contribution in [-0.4, -0.2) is 5.04 Å².